The van der Waals surface area contributed by atoms with Crippen molar-refractivity contribution in [3.05, 3.63) is 75.4 Å². The Morgan fingerprint density at radius 3 is 2.03 bits per heavy atom. The SMILES string of the molecule is O=C(CCCCCCC(=O)c1ccc2c(c1)CC/C(=C\c1cc(C(F)(F)F)cc(C(F)(F)F)c1)C2=O)NO. The molecule has 3 rings (SSSR count). The van der Waals surface area contributed by atoms with E-state index in [0.717, 1.165) is 6.08 Å². The predicted octanol–water partition coefficient (Wildman–Crippen LogP) is 6.97. The van der Waals surface area contributed by atoms with Crippen LogP contribution in [0.5, 0.6) is 0 Å². The molecule has 2 N–H and O–H groups in total. The average molecular weight is 541 g/mol. The number of benzene rings is 2. The molecule has 0 aromatic heterocycles. The minimum atomic E-state index is -4.99. The van der Waals surface area contributed by atoms with Crippen molar-refractivity contribution in [2.45, 2.75) is 63.7 Å². The normalized spacial score (nSPS) is 14.9. The van der Waals surface area contributed by atoms with Gasteiger partial charge in [0.15, 0.2) is 11.6 Å². The third kappa shape index (κ3) is 7.53. The van der Waals surface area contributed by atoms with E-state index in [-0.39, 0.29) is 47.8 Å². The summed E-state index contributed by atoms with van der Waals surface area (Å²) in [6.07, 6.45) is -5.47. The Balaban J connectivity index is 1.71. The van der Waals surface area contributed by atoms with E-state index in [1.54, 1.807) is 11.5 Å². The van der Waals surface area contributed by atoms with Crippen molar-refractivity contribution < 1.29 is 45.9 Å². The molecule has 0 radical (unpaired) electrons. The lowest BCUT2D eigenvalue weighted by Crippen LogP contribution is -2.17. The Morgan fingerprint density at radius 1 is 0.842 bits per heavy atom. The van der Waals surface area contributed by atoms with Gasteiger partial charge in [-0.2, -0.15) is 26.3 Å². The molecule has 0 aliphatic heterocycles. The maximum Gasteiger partial charge on any atom is 0.416 e. The first-order chi connectivity index (χ1) is 17.8. The lowest BCUT2D eigenvalue weighted by atomic mass is 9.84. The number of alkyl halides is 6. The Morgan fingerprint density at radius 2 is 1.45 bits per heavy atom. The van der Waals surface area contributed by atoms with Crippen LogP contribution in [0.15, 0.2) is 42.0 Å². The number of rotatable bonds is 9. The number of amides is 1. The Bertz CT molecular complexity index is 1210. The van der Waals surface area contributed by atoms with Crippen LogP contribution < -0.4 is 5.48 Å². The Hall–Kier alpha value is -3.47. The number of nitrogens with one attached hydrogen (secondary N) is 1. The van der Waals surface area contributed by atoms with Gasteiger partial charge in [-0.3, -0.25) is 19.6 Å². The first-order valence-electron chi connectivity index (χ1n) is 11.9. The number of carbonyl (C=O) groups is 3. The van der Waals surface area contributed by atoms with E-state index >= 15 is 0 Å². The summed E-state index contributed by atoms with van der Waals surface area (Å²) in [5.41, 5.74) is -0.395. The van der Waals surface area contributed by atoms with E-state index in [9.17, 15) is 40.7 Å². The van der Waals surface area contributed by atoms with E-state index in [2.05, 4.69) is 0 Å². The van der Waals surface area contributed by atoms with Crippen molar-refractivity contribution in [3.63, 3.8) is 0 Å². The van der Waals surface area contributed by atoms with E-state index in [1.165, 1.54) is 12.1 Å². The van der Waals surface area contributed by atoms with Crippen molar-refractivity contribution >= 4 is 23.5 Å². The quantitative estimate of drug-likeness (QED) is 0.0898. The van der Waals surface area contributed by atoms with Gasteiger partial charge in [-0.1, -0.05) is 25.0 Å². The molecule has 0 atom stereocenters. The van der Waals surface area contributed by atoms with Gasteiger partial charge in [-0.05, 0) is 67.2 Å². The Kier molecular flexibility index (Phi) is 9.14. The molecule has 0 bridgehead atoms. The molecule has 11 heteroatoms. The highest BCUT2D eigenvalue weighted by Gasteiger charge is 2.37. The molecule has 0 saturated carbocycles. The van der Waals surface area contributed by atoms with Crippen LogP contribution in [-0.4, -0.2) is 22.7 Å². The number of halogens is 6. The van der Waals surface area contributed by atoms with Crippen LogP contribution in [0.2, 0.25) is 0 Å². The summed E-state index contributed by atoms with van der Waals surface area (Å²) in [7, 11) is 0. The molecule has 0 saturated heterocycles. The standard InChI is InChI=1S/C27H25F6NO4/c28-26(29,30)20-12-16(13-21(15-20)27(31,32)33)11-19-8-7-17-14-18(9-10-22(17)25(19)37)23(35)5-3-1-2-4-6-24(36)34-38/h9-15,38H,1-8H2,(H,34,36)/b19-11+. The van der Waals surface area contributed by atoms with Crippen LogP contribution in [0.3, 0.4) is 0 Å². The summed E-state index contributed by atoms with van der Waals surface area (Å²) in [6, 6.07) is 5.74. The zero-order valence-electron chi connectivity index (χ0n) is 20.1. The maximum atomic E-state index is 13.2. The highest BCUT2D eigenvalue weighted by atomic mass is 19.4. The fraction of sp³-hybridized carbons (Fsp3) is 0.370. The van der Waals surface area contributed by atoms with Gasteiger partial charge in [0.2, 0.25) is 5.91 Å². The second-order valence-corrected chi connectivity index (χ2v) is 9.08. The highest BCUT2D eigenvalue weighted by Crippen LogP contribution is 2.37. The fourth-order valence-electron chi connectivity index (χ4n) is 4.28. The number of hydrogen-bond acceptors (Lipinski definition) is 4. The average Bonchev–Trinajstić information content (AvgIpc) is 2.86. The van der Waals surface area contributed by atoms with E-state index in [1.807, 2.05) is 0 Å². The molecule has 1 amide bonds. The second kappa shape index (κ2) is 11.9. The van der Waals surface area contributed by atoms with Crippen LogP contribution in [0.4, 0.5) is 26.3 Å². The van der Waals surface area contributed by atoms with Gasteiger partial charge in [0.05, 0.1) is 11.1 Å². The smallest absolute Gasteiger partial charge is 0.294 e. The monoisotopic (exact) mass is 541 g/mol. The minimum absolute atomic E-state index is 0.0360. The number of ketones is 2. The zero-order chi connectivity index (χ0) is 28.1. The zero-order valence-corrected chi connectivity index (χ0v) is 20.1. The largest absolute Gasteiger partial charge is 0.416 e. The first-order valence-corrected chi connectivity index (χ1v) is 11.9. The molecule has 0 unspecified atom stereocenters. The van der Waals surface area contributed by atoms with Gasteiger partial charge in [-0.15, -0.1) is 0 Å². The number of Topliss-reactive ketones (excluding diaryl/α,β-unsaturated/α-hetero) is 2. The molecule has 2 aromatic carbocycles. The molecule has 0 spiro atoms. The highest BCUT2D eigenvalue weighted by molar-refractivity contribution is 6.13. The van der Waals surface area contributed by atoms with Crippen LogP contribution >= 0.6 is 0 Å². The number of allylic oxidation sites excluding steroid dienone is 1. The fourth-order valence-corrected chi connectivity index (χ4v) is 4.28. The third-order valence-electron chi connectivity index (χ3n) is 6.26. The molecule has 2 aromatic rings. The number of hydroxylamine groups is 1. The first kappa shape index (κ1) is 29.1. The lowest BCUT2D eigenvalue weighted by molar-refractivity contribution is -0.143. The van der Waals surface area contributed by atoms with E-state index < -0.39 is 35.2 Å². The van der Waals surface area contributed by atoms with Crippen molar-refractivity contribution in [1.29, 1.82) is 0 Å². The predicted molar refractivity (Wildman–Crippen MR) is 125 cm³/mol. The van der Waals surface area contributed by atoms with Crippen LogP contribution in [-0.2, 0) is 23.6 Å². The molecule has 204 valence electrons. The van der Waals surface area contributed by atoms with Crippen molar-refractivity contribution in [2.75, 3.05) is 0 Å². The molecule has 0 fully saturated rings. The topological polar surface area (TPSA) is 83.5 Å². The summed E-state index contributed by atoms with van der Waals surface area (Å²) in [5.74, 6) is -1.11. The number of unbranched alkanes of at least 4 members (excludes halogenated alkanes) is 3. The summed E-state index contributed by atoms with van der Waals surface area (Å²) < 4.78 is 79.0. The number of fused-ring (bicyclic) bond motifs is 1. The van der Waals surface area contributed by atoms with E-state index in [0.29, 0.717) is 55.4 Å². The van der Waals surface area contributed by atoms with Gasteiger partial charge in [0.1, 0.15) is 0 Å². The summed E-state index contributed by atoms with van der Waals surface area (Å²) in [4.78, 5) is 36.5. The second-order valence-electron chi connectivity index (χ2n) is 9.08. The molecule has 0 heterocycles. The Labute approximate surface area is 214 Å². The van der Waals surface area contributed by atoms with Crippen molar-refractivity contribution in [2.24, 2.45) is 0 Å². The van der Waals surface area contributed by atoms with E-state index in [4.69, 9.17) is 5.21 Å². The van der Waals surface area contributed by atoms with Crippen LogP contribution in [0, 0.1) is 0 Å². The number of carbonyl (C=O) groups excluding carboxylic acids is 3. The van der Waals surface area contributed by atoms with Gasteiger partial charge >= 0.3 is 12.4 Å². The molecule has 5 nitrogen and oxygen atoms in total. The summed E-state index contributed by atoms with van der Waals surface area (Å²) in [6.45, 7) is 0. The molecular weight excluding hydrogens is 516 g/mol. The van der Waals surface area contributed by atoms with Gasteiger partial charge in [0.25, 0.3) is 0 Å². The summed E-state index contributed by atoms with van der Waals surface area (Å²) >= 11 is 0. The third-order valence-corrected chi connectivity index (χ3v) is 6.26. The molecule has 1 aliphatic carbocycles. The minimum Gasteiger partial charge on any atom is -0.294 e. The molecule has 38 heavy (non-hydrogen) atoms. The van der Waals surface area contributed by atoms with Gasteiger partial charge in [-0.25, -0.2) is 5.48 Å². The van der Waals surface area contributed by atoms with Gasteiger partial charge < -0.3 is 0 Å². The maximum absolute atomic E-state index is 13.2. The lowest BCUT2D eigenvalue weighted by Gasteiger charge is -2.19. The molecular formula is C27H25F6NO4. The van der Waals surface area contributed by atoms with Crippen LogP contribution in [0.1, 0.15) is 87.9 Å². The number of aryl methyl sites for hydroxylation is 1. The number of hydrogen-bond donors (Lipinski definition) is 2. The van der Waals surface area contributed by atoms with Gasteiger partial charge in [0, 0.05) is 29.5 Å². The summed E-state index contributed by atoms with van der Waals surface area (Å²) in [5, 5.41) is 8.45. The van der Waals surface area contributed by atoms with Crippen molar-refractivity contribution in [1.82, 2.24) is 5.48 Å². The molecule has 1 aliphatic rings. The van der Waals surface area contributed by atoms with Crippen molar-refractivity contribution in [3.8, 4) is 0 Å². The van der Waals surface area contributed by atoms with Crippen LogP contribution in [0.25, 0.3) is 6.08 Å².